The first-order valence-electron chi connectivity index (χ1n) is 7.58. The van der Waals surface area contributed by atoms with Crippen LogP contribution in [0.2, 0.25) is 5.02 Å². The Hall–Kier alpha value is -2.80. The summed E-state index contributed by atoms with van der Waals surface area (Å²) in [6.45, 7) is 0.532. The Morgan fingerprint density at radius 3 is 2.80 bits per heavy atom. The summed E-state index contributed by atoms with van der Waals surface area (Å²) >= 11 is 5.72. The number of fused-ring (bicyclic) bond motifs is 1. The second kappa shape index (κ2) is 6.98. The van der Waals surface area contributed by atoms with Gasteiger partial charge in [0.1, 0.15) is 5.82 Å². The fraction of sp³-hybridized carbons (Fsp3) is 0.176. The van der Waals surface area contributed by atoms with Crippen molar-refractivity contribution in [1.29, 1.82) is 0 Å². The standard InChI is InChI=1S/C17H15ClFN3O3/c18-12-8-9(4-5-13(12)19)21-16(23)11-3-1-2-10-14(22-17(24)25)6-7-20-15(10)11/h1-5,8,14,20,22H,6-7H2,(H,21,23)(H,24,25). The van der Waals surface area contributed by atoms with Crippen LogP contribution in [0.4, 0.5) is 20.6 Å². The summed E-state index contributed by atoms with van der Waals surface area (Å²) in [6, 6.07) is 8.62. The topological polar surface area (TPSA) is 90.5 Å². The molecule has 3 rings (SSSR count). The van der Waals surface area contributed by atoms with E-state index in [1.54, 1.807) is 18.2 Å². The average Bonchev–Trinajstić information content (AvgIpc) is 2.57. The largest absolute Gasteiger partial charge is 0.465 e. The van der Waals surface area contributed by atoms with Crippen LogP contribution in [0.1, 0.15) is 28.4 Å². The number of para-hydroxylation sites is 1. The Balaban J connectivity index is 1.88. The Kier molecular flexibility index (Phi) is 4.76. The third-order valence-corrected chi connectivity index (χ3v) is 4.22. The minimum absolute atomic E-state index is 0.0864. The van der Waals surface area contributed by atoms with Crippen LogP contribution in [-0.4, -0.2) is 23.7 Å². The average molecular weight is 364 g/mol. The number of hydrogen-bond acceptors (Lipinski definition) is 3. The number of hydrogen-bond donors (Lipinski definition) is 4. The van der Waals surface area contributed by atoms with E-state index in [0.717, 1.165) is 0 Å². The molecule has 1 heterocycles. The minimum Gasteiger partial charge on any atom is -0.465 e. The van der Waals surface area contributed by atoms with Gasteiger partial charge in [-0.2, -0.15) is 0 Å². The van der Waals surface area contributed by atoms with Gasteiger partial charge in [0.15, 0.2) is 0 Å². The van der Waals surface area contributed by atoms with E-state index in [1.165, 1.54) is 18.2 Å². The summed E-state index contributed by atoms with van der Waals surface area (Å²) in [4.78, 5) is 23.5. The molecule has 1 aliphatic rings. The van der Waals surface area contributed by atoms with E-state index >= 15 is 0 Å². The molecular weight excluding hydrogens is 349 g/mol. The van der Waals surface area contributed by atoms with Crippen LogP contribution in [0.25, 0.3) is 0 Å². The van der Waals surface area contributed by atoms with Crippen molar-refractivity contribution in [3.05, 3.63) is 58.4 Å². The minimum atomic E-state index is -1.12. The number of carboxylic acid groups (broad SMARTS) is 1. The molecule has 0 bridgehead atoms. The van der Waals surface area contributed by atoms with Crippen LogP contribution in [0.15, 0.2) is 36.4 Å². The zero-order chi connectivity index (χ0) is 18.0. The van der Waals surface area contributed by atoms with Crippen molar-refractivity contribution in [1.82, 2.24) is 5.32 Å². The zero-order valence-corrected chi connectivity index (χ0v) is 13.7. The van der Waals surface area contributed by atoms with E-state index in [9.17, 15) is 14.0 Å². The quantitative estimate of drug-likeness (QED) is 0.666. The SMILES string of the molecule is O=C(O)NC1CCNc2c(C(=O)Nc3ccc(F)c(Cl)c3)cccc21. The number of carbonyl (C=O) groups is 2. The number of amides is 2. The Morgan fingerprint density at radius 2 is 2.08 bits per heavy atom. The highest BCUT2D eigenvalue weighted by atomic mass is 35.5. The molecule has 1 aliphatic heterocycles. The lowest BCUT2D eigenvalue weighted by Crippen LogP contribution is -2.32. The fourth-order valence-corrected chi connectivity index (χ4v) is 3.00. The third-order valence-electron chi connectivity index (χ3n) is 3.93. The van der Waals surface area contributed by atoms with Crippen molar-refractivity contribution in [2.24, 2.45) is 0 Å². The highest BCUT2D eigenvalue weighted by Gasteiger charge is 2.25. The van der Waals surface area contributed by atoms with Gasteiger partial charge in [-0.1, -0.05) is 23.7 Å². The molecule has 0 saturated heterocycles. The van der Waals surface area contributed by atoms with E-state index in [2.05, 4.69) is 16.0 Å². The molecule has 0 aliphatic carbocycles. The molecule has 0 saturated carbocycles. The van der Waals surface area contributed by atoms with Gasteiger partial charge in [-0.15, -0.1) is 0 Å². The lowest BCUT2D eigenvalue weighted by Gasteiger charge is -2.28. The van der Waals surface area contributed by atoms with Gasteiger partial charge < -0.3 is 21.1 Å². The van der Waals surface area contributed by atoms with E-state index in [-0.39, 0.29) is 11.1 Å². The summed E-state index contributed by atoms with van der Waals surface area (Å²) in [5.74, 6) is -0.969. The number of rotatable bonds is 3. The summed E-state index contributed by atoms with van der Waals surface area (Å²) in [5.41, 5.74) is 2.02. The number of halogens is 2. The molecule has 4 N–H and O–H groups in total. The van der Waals surface area contributed by atoms with Gasteiger partial charge in [-0.25, -0.2) is 9.18 Å². The highest BCUT2D eigenvalue weighted by molar-refractivity contribution is 6.31. The van der Waals surface area contributed by atoms with Crippen molar-refractivity contribution in [2.75, 3.05) is 17.2 Å². The van der Waals surface area contributed by atoms with Crippen LogP contribution >= 0.6 is 11.6 Å². The second-order valence-electron chi connectivity index (χ2n) is 5.57. The van der Waals surface area contributed by atoms with Crippen molar-refractivity contribution in [3.8, 4) is 0 Å². The van der Waals surface area contributed by atoms with Crippen molar-refractivity contribution >= 4 is 35.0 Å². The van der Waals surface area contributed by atoms with Crippen molar-refractivity contribution in [3.63, 3.8) is 0 Å². The van der Waals surface area contributed by atoms with E-state index < -0.39 is 17.8 Å². The molecule has 1 atom stereocenters. The molecule has 2 aromatic rings. The number of nitrogens with one attached hydrogen (secondary N) is 3. The van der Waals surface area contributed by atoms with Gasteiger partial charge in [0.05, 0.1) is 22.3 Å². The molecule has 130 valence electrons. The Bertz CT molecular complexity index is 844. The van der Waals surface area contributed by atoms with E-state index in [1.807, 2.05) is 0 Å². The molecule has 0 aromatic heterocycles. The van der Waals surface area contributed by atoms with Gasteiger partial charge in [0, 0.05) is 12.2 Å². The Morgan fingerprint density at radius 1 is 1.28 bits per heavy atom. The Labute approximate surface area is 148 Å². The van der Waals surface area contributed by atoms with Crippen LogP contribution in [-0.2, 0) is 0 Å². The first-order chi connectivity index (χ1) is 12.0. The van der Waals surface area contributed by atoms with Gasteiger partial charge in [0.25, 0.3) is 5.91 Å². The summed E-state index contributed by atoms with van der Waals surface area (Å²) in [7, 11) is 0. The fourth-order valence-electron chi connectivity index (χ4n) is 2.82. The number of carbonyl (C=O) groups excluding carboxylic acids is 1. The van der Waals surface area contributed by atoms with Gasteiger partial charge in [-0.3, -0.25) is 4.79 Å². The first kappa shape index (κ1) is 17.0. The van der Waals surface area contributed by atoms with Gasteiger partial charge in [0.2, 0.25) is 0 Å². The van der Waals surface area contributed by atoms with E-state index in [4.69, 9.17) is 16.7 Å². The zero-order valence-electron chi connectivity index (χ0n) is 13.0. The molecular formula is C17H15ClFN3O3. The number of anilines is 2. The maximum absolute atomic E-state index is 13.2. The van der Waals surface area contributed by atoms with Crippen LogP contribution in [0.5, 0.6) is 0 Å². The lowest BCUT2D eigenvalue weighted by atomic mass is 9.94. The van der Waals surface area contributed by atoms with Crippen molar-refractivity contribution in [2.45, 2.75) is 12.5 Å². The lowest BCUT2D eigenvalue weighted by molar-refractivity contribution is 0.102. The van der Waals surface area contributed by atoms with Crippen LogP contribution < -0.4 is 16.0 Å². The van der Waals surface area contributed by atoms with E-state index in [0.29, 0.717) is 35.5 Å². The maximum Gasteiger partial charge on any atom is 0.405 e. The normalized spacial score (nSPS) is 15.7. The molecule has 2 aromatic carbocycles. The number of benzene rings is 2. The molecule has 2 amide bonds. The van der Waals surface area contributed by atoms with Gasteiger partial charge >= 0.3 is 6.09 Å². The molecule has 1 unspecified atom stereocenters. The smallest absolute Gasteiger partial charge is 0.405 e. The predicted octanol–water partition coefficient (Wildman–Crippen LogP) is 3.86. The predicted molar refractivity (Wildman–Crippen MR) is 92.8 cm³/mol. The van der Waals surface area contributed by atoms with Gasteiger partial charge in [-0.05, 0) is 36.2 Å². The third kappa shape index (κ3) is 3.66. The summed E-state index contributed by atoms with van der Waals surface area (Å²) in [6.07, 6.45) is -0.536. The molecule has 0 radical (unpaired) electrons. The van der Waals surface area contributed by atoms with Crippen LogP contribution in [0.3, 0.4) is 0 Å². The highest BCUT2D eigenvalue weighted by Crippen LogP contribution is 2.33. The molecule has 6 nitrogen and oxygen atoms in total. The molecule has 25 heavy (non-hydrogen) atoms. The summed E-state index contributed by atoms with van der Waals surface area (Å²) in [5, 5.41) is 17.1. The van der Waals surface area contributed by atoms with Crippen LogP contribution in [0, 0.1) is 5.82 Å². The molecule has 0 fully saturated rings. The maximum atomic E-state index is 13.2. The second-order valence-corrected chi connectivity index (χ2v) is 5.98. The summed E-state index contributed by atoms with van der Waals surface area (Å²) < 4.78 is 13.2. The first-order valence-corrected chi connectivity index (χ1v) is 7.96. The van der Waals surface area contributed by atoms with Crippen molar-refractivity contribution < 1.29 is 19.1 Å². The monoisotopic (exact) mass is 363 g/mol. The molecule has 0 spiro atoms. The molecule has 8 heteroatoms.